The lowest BCUT2D eigenvalue weighted by atomic mass is 10.1. The summed E-state index contributed by atoms with van der Waals surface area (Å²) in [6.07, 6.45) is 3.02. The first kappa shape index (κ1) is 15.3. The number of halogens is 2. The van der Waals surface area contributed by atoms with Crippen LogP contribution >= 0.6 is 34.2 Å². The highest BCUT2D eigenvalue weighted by molar-refractivity contribution is 14.1. The summed E-state index contributed by atoms with van der Waals surface area (Å²) in [5.74, 6) is 0.692. The van der Waals surface area contributed by atoms with Crippen LogP contribution in [0, 0.1) is 3.57 Å². The topological polar surface area (TPSA) is 62.3 Å². The molecular formula is C11H15ClIN3O2S. The minimum Gasteiger partial charge on any atom is -0.366 e. The summed E-state index contributed by atoms with van der Waals surface area (Å²) in [7, 11) is -3.12. The van der Waals surface area contributed by atoms with Crippen LogP contribution in [0.15, 0.2) is 12.1 Å². The normalized spacial score (nSPS) is 21.3. The van der Waals surface area contributed by atoms with Gasteiger partial charge in [-0.1, -0.05) is 11.6 Å². The Morgan fingerprint density at radius 3 is 2.89 bits per heavy atom. The first-order valence-corrected chi connectivity index (χ1v) is 9.20. The molecule has 0 amide bonds. The van der Waals surface area contributed by atoms with Gasteiger partial charge in [-0.15, -0.1) is 0 Å². The molecule has 2 heterocycles. The minimum absolute atomic E-state index is 0.0743. The van der Waals surface area contributed by atoms with Crippen LogP contribution in [0.3, 0.4) is 0 Å². The Morgan fingerprint density at radius 2 is 2.26 bits per heavy atom. The number of pyridine rings is 1. The number of anilines is 1. The largest absolute Gasteiger partial charge is 0.366 e. The average Bonchev–Trinajstić information content (AvgIpc) is 2.26. The van der Waals surface area contributed by atoms with Crippen molar-refractivity contribution < 1.29 is 8.42 Å². The van der Waals surface area contributed by atoms with Gasteiger partial charge in [-0.2, -0.15) is 0 Å². The average molecular weight is 416 g/mol. The van der Waals surface area contributed by atoms with Crippen LogP contribution < -0.4 is 5.32 Å². The van der Waals surface area contributed by atoms with Crippen molar-refractivity contribution in [3.8, 4) is 0 Å². The lowest BCUT2D eigenvalue weighted by Gasteiger charge is -2.31. The van der Waals surface area contributed by atoms with E-state index in [1.165, 1.54) is 10.6 Å². The zero-order valence-corrected chi connectivity index (χ0v) is 14.2. The quantitative estimate of drug-likeness (QED) is 0.607. The summed E-state index contributed by atoms with van der Waals surface area (Å²) in [5.41, 5.74) is 0. The molecule has 106 valence electrons. The van der Waals surface area contributed by atoms with Crippen LogP contribution in [0.4, 0.5) is 5.82 Å². The zero-order valence-electron chi connectivity index (χ0n) is 10.4. The van der Waals surface area contributed by atoms with Gasteiger partial charge in [0.15, 0.2) is 0 Å². The fourth-order valence-corrected chi connectivity index (χ4v) is 4.00. The second-order valence-corrected chi connectivity index (χ2v) is 8.21. The van der Waals surface area contributed by atoms with E-state index < -0.39 is 10.0 Å². The second-order valence-electron chi connectivity index (χ2n) is 4.60. The lowest BCUT2D eigenvalue weighted by Crippen LogP contribution is -2.44. The maximum atomic E-state index is 11.6. The smallest absolute Gasteiger partial charge is 0.211 e. The third kappa shape index (κ3) is 4.44. The lowest BCUT2D eigenvalue weighted by molar-refractivity contribution is 0.329. The Kier molecular flexibility index (Phi) is 4.91. The van der Waals surface area contributed by atoms with Crippen molar-refractivity contribution >= 4 is 50.0 Å². The Balaban J connectivity index is 2.06. The van der Waals surface area contributed by atoms with E-state index in [9.17, 15) is 8.42 Å². The zero-order chi connectivity index (χ0) is 14.0. The van der Waals surface area contributed by atoms with Gasteiger partial charge >= 0.3 is 0 Å². The van der Waals surface area contributed by atoms with Crippen molar-refractivity contribution in [3.63, 3.8) is 0 Å². The SMILES string of the molecule is CS(=O)(=O)N1CCCC(Nc2cc(I)cc(Cl)n2)C1. The van der Waals surface area contributed by atoms with Crippen LogP contribution in [0.5, 0.6) is 0 Å². The maximum absolute atomic E-state index is 11.6. The number of rotatable bonds is 3. The summed E-state index contributed by atoms with van der Waals surface area (Å²) in [6.45, 7) is 1.07. The molecule has 8 heteroatoms. The molecule has 1 aliphatic rings. The van der Waals surface area contributed by atoms with E-state index in [0.29, 0.717) is 24.1 Å². The molecule has 5 nitrogen and oxygen atoms in total. The van der Waals surface area contributed by atoms with Gasteiger partial charge in [0.25, 0.3) is 0 Å². The molecule has 1 saturated heterocycles. The van der Waals surface area contributed by atoms with Crippen molar-refractivity contribution in [1.29, 1.82) is 0 Å². The number of hydrogen-bond donors (Lipinski definition) is 1. The third-order valence-electron chi connectivity index (χ3n) is 2.96. The van der Waals surface area contributed by atoms with Gasteiger partial charge in [0.2, 0.25) is 10.0 Å². The van der Waals surface area contributed by atoms with Crippen molar-refractivity contribution in [2.24, 2.45) is 0 Å². The minimum atomic E-state index is -3.12. The van der Waals surface area contributed by atoms with E-state index in [2.05, 4.69) is 32.9 Å². The van der Waals surface area contributed by atoms with Gasteiger partial charge in [-0.25, -0.2) is 17.7 Å². The monoisotopic (exact) mass is 415 g/mol. The van der Waals surface area contributed by atoms with Crippen LogP contribution in [-0.2, 0) is 10.0 Å². The summed E-state index contributed by atoms with van der Waals surface area (Å²) in [4.78, 5) is 4.20. The number of nitrogens with zero attached hydrogens (tertiary/aromatic N) is 2. The number of sulfonamides is 1. The predicted octanol–water partition coefficient (Wildman–Crippen LogP) is 2.18. The first-order chi connectivity index (χ1) is 8.84. The van der Waals surface area contributed by atoms with Crippen LogP contribution in [0.25, 0.3) is 0 Å². The molecule has 1 aromatic heterocycles. The van der Waals surface area contributed by atoms with E-state index in [0.717, 1.165) is 16.4 Å². The van der Waals surface area contributed by atoms with Gasteiger partial charge in [-0.3, -0.25) is 0 Å². The van der Waals surface area contributed by atoms with Gasteiger partial charge in [-0.05, 0) is 47.6 Å². The van der Waals surface area contributed by atoms with Crippen LogP contribution in [-0.4, -0.2) is 43.1 Å². The molecular weight excluding hydrogens is 401 g/mol. The molecule has 1 N–H and O–H groups in total. The van der Waals surface area contributed by atoms with Crippen molar-refractivity contribution in [2.75, 3.05) is 24.7 Å². The molecule has 1 fully saturated rings. The number of hydrogen-bond acceptors (Lipinski definition) is 4. The maximum Gasteiger partial charge on any atom is 0.211 e. The molecule has 1 aliphatic heterocycles. The van der Waals surface area contributed by atoms with Crippen LogP contribution in [0.1, 0.15) is 12.8 Å². The molecule has 0 radical (unpaired) electrons. The predicted molar refractivity (Wildman–Crippen MR) is 85.0 cm³/mol. The Bertz CT molecular complexity index is 547. The summed E-state index contributed by atoms with van der Waals surface area (Å²) >= 11 is 8.08. The Labute approximate surface area is 131 Å². The number of aromatic nitrogens is 1. The Morgan fingerprint density at radius 1 is 1.53 bits per heavy atom. The van der Waals surface area contributed by atoms with Crippen molar-refractivity contribution in [3.05, 3.63) is 20.9 Å². The molecule has 1 atom stereocenters. The number of piperidine rings is 1. The molecule has 0 bridgehead atoms. The highest BCUT2D eigenvalue weighted by Gasteiger charge is 2.25. The molecule has 0 spiro atoms. The molecule has 1 unspecified atom stereocenters. The van der Waals surface area contributed by atoms with Crippen molar-refractivity contribution in [2.45, 2.75) is 18.9 Å². The van der Waals surface area contributed by atoms with E-state index in [1.807, 2.05) is 6.07 Å². The fraction of sp³-hybridized carbons (Fsp3) is 0.545. The molecule has 1 aromatic rings. The van der Waals surface area contributed by atoms with E-state index in [1.54, 1.807) is 6.07 Å². The van der Waals surface area contributed by atoms with Gasteiger partial charge in [0, 0.05) is 22.7 Å². The summed E-state index contributed by atoms with van der Waals surface area (Å²) < 4.78 is 25.6. The van der Waals surface area contributed by atoms with Gasteiger partial charge in [0.05, 0.1) is 6.26 Å². The molecule has 0 saturated carbocycles. The molecule has 19 heavy (non-hydrogen) atoms. The summed E-state index contributed by atoms with van der Waals surface area (Å²) in [5, 5.41) is 3.69. The number of nitrogens with one attached hydrogen (secondary N) is 1. The van der Waals surface area contributed by atoms with E-state index >= 15 is 0 Å². The highest BCUT2D eigenvalue weighted by Crippen LogP contribution is 2.20. The fourth-order valence-electron chi connectivity index (χ4n) is 2.11. The third-order valence-corrected chi connectivity index (χ3v) is 5.05. The second kappa shape index (κ2) is 6.11. The van der Waals surface area contributed by atoms with Gasteiger partial charge in [0.1, 0.15) is 11.0 Å². The van der Waals surface area contributed by atoms with Crippen LogP contribution in [0.2, 0.25) is 5.15 Å². The molecule has 2 rings (SSSR count). The van der Waals surface area contributed by atoms with E-state index in [4.69, 9.17) is 11.6 Å². The van der Waals surface area contributed by atoms with Gasteiger partial charge < -0.3 is 5.32 Å². The molecule has 0 aromatic carbocycles. The standard InChI is InChI=1S/C11H15ClIN3O2S/c1-19(17,18)16-4-2-3-9(7-16)14-11-6-8(13)5-10(12)15-11/h5-6,9H,2-4,7H2,1H3,(H,14,15). The van der Waals surface area contributed by atoms with Crippen molar-refractivity contribution in [1.82, 2.24) is 9.29 Å². The summed E-state index contributed by atoms with van der Waals surface area (Å²) in [6, 6.07) is 3.74. The first-order valence-electron chi connectivity index (χ1n) is 5.89. The van der Waals surface area contributed by atoms with E-state index in [-0.39, 0.29) is 6.04 Å². The Hall–Kier alpha value is -0.120. The highest BCUT2D eigenvalue weighted by atomic mass is 127. The molecule has 0 aliphatic carbocycles.